The number of benzene rings is 4. The Bertz CT molecular complexity index is 1330. The highest BCUT2D eigenvalue weighted by atomic mass is 35.5. The van der Waals surface area contributed by atoms with Crippen LogP contribution < -0.4 is 10.1 Å². The van der Waals surface area contributed by atoms with Crippen LogP contribution in [0.1, 0.15) is 21.5 Å². The summed E-state index contributed by atoms with van der Waals surface area (Å²) in [5.74, 6) is 0.347. The Hall–Kier alpha value is -3.74. The largest absolute Gasteiger partial charge is 0.493 e. The van der Waals surface area contributed by atoms with Crippen molar-refractivity contribution < 1.29 is 19.4 Å². The summed E-state index contributed by atoms with van der Waals surface area (Å²) in [5, 5.41) is 13.6. The number of hydrogen-bond acceptors (Lipinski definition) is 5. The zero-order valence-corrected chi connectivity index (χ0v) is 21.5. The first kappa shape index (κ1) is 26.3. The standard InChI is InChI=1S/C30H26ClNO4S/c31-23-12-16-25(17-13-23)37-19-18-36-24-14-10-21(11-15-24)20-28(30(34)35)32-27-9-5-4-8-26(27)29(33)22-6-2-1-3-7-22/h1-17,28,32H,18-20H2,(H,34,35). The molecule has 5 nitrogen and oxygen atoms in total. The van der Waals surface area contributed by atoms with Crippen LogP contribution in [-0.2, 0) is 11.2 Å². The highest BCUT2D eigenvalue weighted by Crippen LogP contribution is 2.23. The Balaban J connectivity index is 1.35. The highest BCUT2D eigenvalue weighted by Gasteiger charge is 2.21. The predicted octanol–water partition coefficient (Wildman–Crippen LogP) is 6.85. The lowest BCUT2D eigenvalue weighted by Crippen LogP contribution is -2.32. The molecule has 0 aromatic heterocycles. The Labute approximate surface area is 225 Å². The number of anilines is 1. The van der Waals surface area contributed by atoms with Crippen molar-refractivity contribution in [1.29, 1.82) is 0 Å². The van der Waals surface area contributed by atoms with Crippen LogP contribution in [0.5, 0.6) is 5.75 Å². The molecule has 0 aliphatic rings. The fourth-order valence-electron chi connectivity index (χ4n) is 3.75. The molecule has 0 saturated heterocycles. The number of carbonyl (C=O) groups is 2. The molecule has 0 radical (unpaired) electrons. The van der Waals surface area contributed by atoms with Gasteiger partial charge in [-0.1, -0.05) is 66.2 Å². The number of carboxylic acids is 1. The first-order chi connectivity index (χ1) is 18.0. The minimum Gasteiger partial charge on any atom is -0.493 e. The van der Waals surface area contributed by atoms with Gasteiger partial charge in [0, 0.05) is 38.9 Å². The number of rotatable bonds is 12. The monoisotopic (exact) mass is 531 g/mol. The SMILES string of the molecule is O=C(c1ccccc1)c1ccccc1NC(Cc1ccc(OCCSc2ccc(Cl)cc2)cc1)C(=O)O. The third-order valence-corrected chi connectivity index (χ3v) is 6.86. The molecule has 37 heavy (non-hydrogen) atoms. The Kier molecular flexibility index (Phi) is 9.24. The average molecular weight is 532 g/mol. The highest BCUT2D eigenvalue weighted by molar-refractivity contribution is 7.99. The van der Waals surface area contributed by atoms with Gasteiger partial charge in [0.1, 0.15) is 11.8 Å². The van der Waals surface area contributed by atoms with Gasteiger partial charge in [-0.15, -0.1) is 11.8 Å². The van der Waals surface area contributed by atoms with E-state index < -0.39 is 12.0 Å². The second-order valence-corrected chi connectivity index (χ2v) is 9.88. The third-order valence-electron chi connectivity index (χ3n) is 5.63. The summed E-state index contributed by atoms with van der Waals surface area (Å²) >= 11 is 7.60. The van der Waals surface area contributed by atoms with Crippen molar-refractivity contribution in [2.24, 2.45) is 0 Å². The van der Waals surface area contributed by atoms with Crippen LogP contribution >= 0.6 is 23.4 Å². The molecule has 0 amide bonds. The molecule has 7 heteroatoms. The van der Waals surface area contributed by atoms with E-state index in [4.69, 9.17) is 16.3 Å². The number of thioether (sulfide) groups is 1. The zero-order valence-electron chi connectivity index (χ0n) is 20.0. The number of ketones is 1. The van der Waals surface area contributed by atoms with Gasteiger partial charge in [0.2, 0.25) is 0 Å². The van der Waals surface area contributed by atoms with E-state index in [-0.39, 0.29) is 12.2 Å². The topological polar surface area (TPSA) is 75.6 Å². The van der Waals surface area contributed by atoms with Gasteiger partial charge in [-0.2, -0.15) is 0 Å². The van der Waals surface area contributed by atoms with E-state index in [1.807, 2.05) is 54.6 Å². The van der Waals surface area contributed by atoms with Gasteiger partial charge < -0.3 is 15.2 Å². The summed E-state index contributed by atoms with van der Waals surface area (Å²) < 4.78 is 5.82. The number of nitrogens with one attached hydrogen (secondary N) is 1. The zero-order chi connectivity index (χ0) is 26.0. The summed E-state index contributed by atoms with van der Waals surface area (Å²) in [6.07, 6.45) is 0.246. The van der Waals surface area contributed by atoms with Crippen molar-refractivity contribution >= 4 is 40.8 Å². The molecule has 0 saturated carbocycles. The fourth-order valence-corrected chi connectivity index (χ4v) is 4.60. The van der Waals surface area contributed by atoms with Crippen LogP contribution in [0, 0.1) is 0 Å². The summed E-state index contributed by atoms with van der Waals surface area (Å²) in [4.78, 5) is 26.2. The van der Waals surface area contributed by atoms with Gasteiger partial charge in [0.15, 0.2) is 5.78 Å². The molecule has 0 aliphatic heterocycles. The number of halogens is 1. The molecule has 4 aromatic rings. The van der Waals surface area contributed by atoms with Crippen LogP contribution in [-0.4, -0.2) is 35.3 Å². The van der Waals surface area contributed by atoms with Crippen molar-refractivity contribution in [3.8, 4) is 5.75 Å². The lowest BCUT2D eigenvalue weighted by molar-refractivity contribution is -0.137. The Morgan fingerprint density at radius 3 is 2.24 bits per heavy atom. The van der Waals surface area contributed by atoms with Crippen molar-refractivity contribution in [1.82, 2.24) is 0 Å². The average Bonchev–Trinajstić information content (AvgIpc) is 2.93. The maximum Gasteiger partial charge on any atom is 0.326 e. The molecule has 1 atom stereocenters. The van der Waals surface area contributed by atoms with E-state index in [2.05, 4.69) is 5.32 Å². The van der Waals surface area contributed by atoms with Gasteiger partial charge >= 0.3 is 5.97 Å². The van der Waals surface area contributed by atoms with Crippen molar-refractivity contribution in [2.45, 2.75) is 17.4 Å². The smallest absolute Gasteiger partial charge is 0.326 e. The molecule has 4 aromatic carbocycles. The molecule has 4 rings (SSSR count). The molecular formula is C30H26ClNO4S. The number of carboxylic acid groups (broad SMARTS) is 1. The maximum atomic E-state index is 13.0. The van der Waals surface area contributed by atoms with E-state index in [0.29, 0.717) is 28.4 Å². The minimum atomic E-state index is -0.999. The van der Waals surface area contributed by atoms with Crippen molar-refractivity contribution in [3.63, 3.8) is 0 Å². The normalized spacial score (nSPS) is 11.5. The molecule has 0 spiro atoms. The maximum absolute atomic E-state index is 13.0. The Morgan fingerprint density at radius 2 is 1.54 bits per heavy atom. The van der Waals surface area contributed by atoms with Crippen LogP contribution in [0.2, 0.25) is 5.02 Å². The second kappa shape index (κ2) is 13.0. The van der Waals surface area contributed by atoms with Gasteiger partial charge in [0.25, 0.3) is 0 Å². The second-order valence-electron chi connectivity index (χ2n) is 8.27. The van der Waals surface area contributed by atoms with Gasteiger partial charge in [0.05, 0.1) is 6.61 Å². The van der Waals surface area contributed by atoms with Gasteiger partial charge in [-0.25, -0.2) is 4.79 Å². The fraction of sp³-hybridized carbons (Fsp3) is 0.133. The number of aliphatic carboxylic acids is 1. The lowest BCUT2D eigenvalue weighted by atomic mass is 10.00. The molecule has 188 valence electrons. The first-order valence-corrected chi connectivity index (χ1v) is 13.1. The molecule has 0 bridgehead atoms. The van der Waals surface area contributed by atoms with E-state index in [0.717, 1.165) is 22.0 Å². The lowest BCUT2D eigenvalue weighted by Gasteiger charge is -2.18. The summed E-state index contributed by atoms with van der Waals surface area (Å²) in [6.45, 7) is 0.540. The van der Waals surface area contributed by atoms with Gasteiger partial charge in [-0.05, 0) is 54.1 Å². The predicted molar refractivity (Wildman–Crippen MR) is 149 cm³/mol. The molecule has 2 N–H and O–H groups in total. The molecule has 0 heterocycles. The summed E-state index contributed by atoms with van der Waals surface area (Å²) in [6, 6.07) is 30.1. The van der Waals surface area contributed by atoms with Crippen LogP contribution in [0.4, 0.5) is 5.69 Å². The molecule has 0 aliphatic carbocycles. The molecular weight excluding hydrogens is 506 g/mol. The molecule has 0 fully saturated rings. The third kappa shape index (κ3) is 7.62. The molecule has 1 unspecified atom stereocenters. The number of carbonyl (C=O) groups excluding carboxylic acids is 1. The Morgan fingerprint density at radius 1 is 0.865 bits per heavy atom. The van der Waals surface area contributed by atoms with E-state index in [1.165, 1.54) is 0 Å². The van der Waals surface area contributed by atoms with Gasteiger partial charge in [-0.3, -0.25) is 4.79 Å². The van der Waals surface area contributed by atoms with Crippen LogP contribution in [0.3, 0.4) is 0 Å². The number of para-hydroxylation sites is 1. The summed E-state index contributed by atoms with van der Waals surface area (Å²) in [7, 11) is 0. The van der Waals surface area contributed by atoms with E-state index in [9.17, 15) is 14.7 Å². The van der Waals surface area contributed by atoms with Crippen molar-refractivity contribution in [3.05, 3.63) is 125 Å². The minimum absolute atomic E-state index is 0.163. The number of hydrogen-bond donors (Lipinski definition) is 2. The van der Waals surface area contributed by atoms with Crippen molar-refractivity contribution in [2.75, 3.05) is 17.7 Å². The first-order valence-electron chi connectivity index (χ1n) is 11.8. The van der Waals surface area contributed by atoms with E-state index in [1.54, 1.807) is 60.3 Å². The van der Waals surface area contributed by atoms with Crippen LogP contribution in [0.25, 0.3) is 0 Å². The quantitative estimate of drug-likeness (QED) is 0.118. The summed E-state index contributed by atoms with van der Waals surface area (Å²) in [5.41, 5.74) is 2.31. The van der Waals surface area contributed by atoms with E-state index >= 15 is 0 Å². The number of ether oxygens (including phenoxy) is 1. The van der Waals surface area contributed by atoms with Crippen LogP contribution in [0.15, 0.2) is 108 Å².